The predicted octanol–water partition coefficient (Wildman–Crippen LogP) is 24.2. The molecule has 1 atom stereocenters. The molecular weight excluding hydrogens is 997 g/mol. The average molecular weight is 1130 g/mol. The first-order valence-corrected chi connectivity index (χ1v) is 35.1. The van der Waals surface area contributed by atoms with Crippen molar-refractivity contribution < 1.29 is 28.6 Å². The highest BCUT2D eigenvalue weighted by Gasteiger charge is 2.19. The molecule has 6 heteroatoms. The fraction of sp³-hybridized carbons (Fsp3) is 0.773. The van der Waals surface area contributed by atoms with Crippen LogP contribution in [-0.4, -0.2) is 37.2 Å². The van der Waals surface area contributed by atoms with Crippen LogP contribution in [-0.2, 0) is 28.6 Å². The number of allylic oxidation sites excluding steroid dienone is 14. The van der Waals surface area contributed by atoms with Crippen LogP contribution in [0.5, 0.6) is 0 Å². The van der Waals surface area contributed by atoms with E-state index < -0.39 is 6.10 Å². The minimum absolute atomic E-state index is 0.0749. The van der Waals surface area contributed by atoms with E-state index in [2.05, 4.69) is 106 Å². The minimum Gasteiger partial charge on any atom is -0.462 e. The molecule has 0 spiro atoms. The molecule has 0 heterocycles. The van der Waals surface area contributed by atoms with Gasteiger partial charge in [-0.05, 0) is 89.9 Å². The lowest BCUT2D eigenvalue weighted by Crippen LogP contribution is -2.30. The van der Waals surface area contributed by atoms with Crippen LogP contribution in [0.4, 0.5) is 0 Å². The third kappa shape index (κ3) is 67.3. The summed E-state index contributed by atoms with van der Waals surface area (Å²) >= 11 is 0. The second-order valence-corrected chi connectivity index (χ2v) is 23.4. The van der Waals surface area contributed by atoms with Gasteiger partial charge in [0.2, 0.25) is 0 Å². The fourth-order valence-electron chi connectivity index (χ4n) is 10.2. The van der Waals surface area contributed by atoms with Gasteiger partial charge in [-0.3, -0.25) is 14.4 Å². The van der Waals surface area contributed by atoms with Gasteiger partial charge in [-0.15, -0.1) is 0 Å². The Kier molecular flexibility index (Phi) is 66.2. The molecule has 0 saturated heterocycles. The molecule has 0 saturated carbocycles. The molecule has 0 bridgehead atoms. The molecule has 0 rings (SSSR count). The second-order valence-electron chi connectivity index (χ2n) is 23.4. The fourth-order valence-corrected chi connectivity index (χ4v) is 10.2. The Morgan fingerprint density at radius 1 is 0.259 bits per heavy atom. The number of carbonyl (C=O) groups is 3. The summed E-state index contributed by atoms with van der Waals surface area (Å²) < 4.78 is 16.9. The zero-order valence-electron chi connectivity index (χ0n) is 53.8. The zero-order chi connectivity index (χ0) is 58.5. The number of hydrogen-bond acceptors (Lipinski definition) is 6. The van der Waals surface area contributed by atoms with E-state index in [0.717, 1.165) is 116 Å². The normalized spacial score (nSPS) is 12.6. The Balaban J connectivity index is 4.10. The summed E-state index contributed by atoms with van der Waals surface area (Å²) in [6, 6.07) is 0. The number of esters is 3. The molecule has 468 valence electrons. The smallest absolute Gasteiger partial charge is 0.306 e. The molecule has 0 aromatic heterocycles. The number of carbonyl (C=O) groups excluding carboxylic acids is 3. The summed E-state index contributed by atoms with van der Waals surface area (Å²) in [7, 11) is 0. The summed E-state index contributed by atoms with van der Waals surface area (Å²) in [5.41, 5.74) is 0. The highest BCUT2D eigenvalue weighted by Crippen LogP contribution is 2.18. The van der Waals surface area contributed by atoms with E-state index in [0.29, 0.717) is 19.3 Å². The monoisotopic (exact) mass is 1130 g/mol. The summed E-state index contributed by atoms with van der Waals surface area (Å²) in [5, 5.41) is 0. The van der Waals surface area contributed by atoms with Gasteiger partial charge in [0.25, 0.3) is 0 Å². The van der Waals surface area contributed by atoms with Crippen LogP contribution >= 0.6 is 0 Å². The maximum Gasteiger partial charge on any atom is 0.306 e. The highest BCUT2D eigenvalue weighted by atomic mass is 16.6. The van der Waals surface area contributed by atoms with Gasteiger partial charge < -0.3 is 14.2 Å². The minimum atomic E-state index is -0.778. The summed E-state index contributed by atoms with van der Waals surface area (Å²) in [5.74, 6) is -0.869. The van der Waals surface area contributed by atoms with Crippen molar-refractivity contribution in [3.05, 3.63) is 85.1 Å². The van der Waals surface area contributed by atoms with Crippen LogP contribution in [0.1, 0.15) is 355 Å². The van der Waals surface area contributed by atoms with E-state index in [1.807, 2.05) is 0 Å². The van der Waals surface area contributed by atoms with Gasteiger partial charge in [0.1, 0.15) is 13.2 Å². The van der Waals surface area contributed by atoms with Crippen LogP contribution in [0.25, 0.3) is 0 Å². The first kappa shape index (κ1) is 77.6. The van der Waals surface area contributed by atoms with Gasteiger partial charge in [0.15, 0.2) is 6.10 Å². The Hall–Kier alpha value is -3.41. The number of ether oxygens (including phenoxy) is 3. The van der Waals surface area contributed by atoms with E-state index in [1.54, 1.807) is 0 Å². The molecule has 0 fully saturated rings. The molecule has 6 nitrogen and oxygen atoms in total. The Labute approximate surface area is 503 Å². The Morgan fingerprint density at radius 2 is 0.506 bits per heavy atom. The molecule has 0 aromatic rings. The number of rotatable bonds is 64. The van der Waals surface area contributed by atoms with E-state index >= 15 is 0 Å². The first-order valence-electron chi connectivity index (χ1n) is 35.1. The van der Waals surface area contributed by atoms with Crippen molar-refractivity contribution in [3.63, 3.8) is 0 Å². The number of unbranched alkanes of at least 4 members (excludes halogenated alkanes) is 39. The van der Waals surface area contributed by atoms with Crippen molar-refractivity contribution in [2.75, 3.05) is 13.2 Å². The SMILES string of the molecule is CC/C=C\C/C=C\C/C=C\C/C=C\C/C=C\CCCCCCCCCCCCCCCCCCCCCC(=O)OCC(COC(=O)CCCCCCC/C=C\C/C=C\CCC)OC(=O)CCCCCCCCCCCCCCCCC. The number of hydrogen-bond donors (Lipinski definition) is 0. The maximum absolute atomic E-state index is 12.9. The van der Waals surface area contributed by atoms with Crippen molar-refractivity contribution in [2.45, 2.75) is 361 Å². The molecule has 0 N–H and O–H groups in total. The molecular formula is C75H132O6. The van der Waals surface area contributed by atoms with E-state index in [-0.39, 0.29) is 31.1 Å². The quantitative estimate of drug-likeness (QED) is 0.0261. The summed E-state index contributed by atoms with van der Waals surface area (Å²) in [6.07, 6.45) is 91.9. The topological polar surface area (TPSA) is 78.9 Å². The van der Waals surface area contributed by atoms with Crippen LogP contribution in [0, 0.1) is 0 Å². The lowest BCUT2D eigenvalue weighted by atomic mass is 10.0. The third-order valence-electron chi connectivity index (χ3n) is 15.4. The molecule has 0 amide bonds. The van der Waals surface area contributed by atoms with Gasteiger partial charge in [0, 0.05) is 19.3 Å². The van der Waals surface area contributed by atoms with Gasteiger partial charge in [-0.25, -0.2) is 0 Å². The third-order valence-corrected chi connectivity index (χ3v) is 15.4. The van der Waals surface area contributed by atoms with Crippen molar-refractivity contribution >= 4 is 17.9 Å². The first-order chi connectivity index (χ1) is 40.0. The van der Waals surface area contributed by atoms with Gasteiger partial charge in [-0.1, -0.05) is 331 Å². The van der Waals surface area contributed by atoms with Gasteiger partial charge >= 0.3 is 17.9 Å². The molecule has 0 aliphatic heterocycles. The molecule has 1 unspecified atom stereocenters. The maximum atomic E-state index is 12.9. The molecule has 0 aromatic carbocycles. The lowest BCUT2D eigenvalue weighted by molar-refractivity contribution is -0.167. The van der Waals surface area contributed by atoms with Crippen molar-refractivity contribution in [2.24, 2.45) is 0 Å². The Bertz CT molecular complexity index is 1530. The summed E-state index contributed by atoms with van der Waals surface area (Å²) in [6.45, 7) is 6.50. The summed E-state index contributed by atoms with van der Waals surface area (Å²) in [4.78, 5) is 38.3. The molecule has 0 aliphatic carbocycles. The lowest BCUT2D eigenvalue weighted by Gasteiger charge is -2.18. The van der Waals surface area contributed by atoms with E-state index in [4.69, 9.17) is 14.2 Å². The van der Waals surface area contributed by atoms with Crippen molar-refractivity contribution in [1.29, 1.82) is 0 Å². The van der Waals surface area contributed by atoms with Crippen LogP contribution in [0.3, 0.4) is 0 Å². The second kappa shape index (κ2) is 69.1. The van der Waals surface area contributed by atoms with Crippen LogP contribution in [0.2, 0.25) is 0 Å². The zero-order valence-corrected chi connectivity index (χ0v) is 53.8. The average Bonchev–Trinajstić information content (AvgIpc) is 3.46. The van der Waals surface area contributed by atoms with E-state index in [1.165, 1.54) is 199 Å². The molecule has 81 heavy (non-hydrogen) atoms. The van der Waals surface area contributed by atoms with Crippen LogP contribution in [0.15, 0.2) is 85.1 Å². The van der Waals surface area contributed by atoms with Gasteiger partial charge in [0.05, 0.1) is 0 Å². The van der Waals surface area contributed by atoms with Crippen molar-refractivity contribution in [3.8, 4) is 0 Å². The molecule has 0 aliphatic rings. The van der Waals surface area contributed by atoms with E-state index in [9.17, 15) is 14.4 Å². The standard InChI is InChI=1S/C75H132O6/c1-4-7-10-13-16-19-22-25-27-28-29-30-31-32-33-34-35-36-37-38-39-40-41-42-43-44-45-46-48-50-53-56-59-62-65-68-74(77)80-71-72(70-79-73(76)67-64-61-58-55-52-49-24-21-18-15-12-9-6-3)81-75(78)69-66-63-60-57-54-51-47-26-23-20-17-14-11-8-5-2/h7,10,12,15-16,19,21,24-25,27,29-30,32-33,72H,4-6,8-9,11,13-14,17-18,20,22-23,26,28,31,34-71H2,1-3H3/b10-7-,15-12-,19-16-,24-21-,27-25-,30-29-,33-32-. The molecule has 0 radical (unpaired) electrons. The van der Waals surface area contributed by atoms with Crippen LogP contribution < -0.4 is 0 Å². The Morgan fingerprint density at radius 3 is 0.802 bits per heavy atom. The highest BCUT2D eigenvalue weighted by molar-refractivity contribution is 5.71. The van der Waals surface area contributed by atoms with Crippen molar-refractivity contribution in [1.82, 2.24) is 0 Å². The predicted molar refractivity (Wildman–Crippen MR) is 353 cm³/mol. The van der Waals surface area contributed by atoms with Gasteiger partial charge in [-0.2, -0.15) is 0 Å². The largest absolute Gasteiger partial charge is 0.462 e.